The molecule has 3 aromatic carbocycles. The van der Waals surface area contributed by atoms with Crippen LogP contribution in [-0.4, -0.2) is 11.1 Å². The van der Waals surface area contributed by atoms with Gasteiger partial charge in [-0.05, 0) is 16.3 Å². The number of carbonyl (C=O) groups excluding carboxylic acids is 1. The zero-order valence-electron chi connectivity index (χ0n) is 14.2. The minimum absolute atomic E-state index is 0.0365. The van der Waals surface area contributed by atoms with E-state index in [9.17, 15) is 4.79 Å². The summed E-state index contributed by atoms with van der Waals surface area (Å²) in [7, 11) is 0. The molecule has 0 saturated carbocycles. The van der Waals surface area contributed by atoms with Crippen molar-refractivity contribution in [3.63, 3.8) is 0 Å². The molecule has 0 aliphatic rings. The van der Waals surface area contributed by atoms with Crippen LogP contribution in [0.1, 0.15) is 11.3 Å². The maximum absolute atomic E-state index is 12.3. The molecule has 128 valence electrons. The molecule has 0 aliphatic heterocycles. The van der Waals surface area contributed by atoms with Gasteiger partial charge in [-0.3, -0.25) is 4.79 Å². The molecule has 0 saturated heterocycles. The molecule has 0 fully saturated rings. The zero-order valence-corrected chi connectivity index (χ0v) is 14.2. The molecule has 1 aromatic heterocycles. The van der Waals surface area contributed by atoms with E-state index in [1.807, 2.05) is 66.7 Å². The maximum Gasteiger partial charge on any atom is 0.224 e. The highest BCUT2D eigenvalue weighted by molar-refractivity contribution is 5.90. The van der Waals surface area contributed by atoms with Crippen molar-refractivity contribution >= 4 is 16.7 Å². The van der Waals surface area contributed by atoms with Gasteiger partial charge in [-0.25, -0.2) is 0 Å². The Morgan fingerprint density at radius 1 is 0.923 bits per heavy atom. The van der Waals surface area contributed by atoms with Crippen LogP contribution in [0.4, 0.5) is 0 Å². The van der Waals surface area contributed by atoms with Crippen LogP contribution in [0, 0.1) is 0 Å². The van der Waals surface area contributed by atoms with Crippen molar-refractivity contribution in [1.29, 1.82) is 0 Å². The summed E-state index contributed by atoms with van der Waals surface area (Å²) in [5.41, 5.74) is 2.69. The highest BCUT2D eigenvalue weighted by atomic mass is 16.5. The monoisotopic (exact) mass is 342 g/mol. The number of carbonyl (C=O) groups is 1. The average molecular weight is 342 g/mol. The number of nitrogens with one attached hydrogen (secondary N) is 1. The van der Waals surface area contributed by atoms with Gasteiger partial charge in [-0.1, -0.05) is 78.0 Å². The Kier molecular flexibility index (Phi) is 4.48. The average Bonchev–Trinajstić information content (AvgIpc) is 3.17. The Balaban J connectivity index is 1.41. The van der Waals surface area contributed by atoms with Gasteiger partial charge in [0.25, 0.3) is 0 Å². The summed E-state index contributed by atoms with van der Waals surface area (Å²) in [6.07, 6.45) is 0.338. The largest absolute Gasteiger partial charge is 0.356 e. The van der Waals surface area contributed by atoms with Crippen molar-refractivity contribution in [3.8, 4) is 11.3 Å². The first-order valence-electron chi connectivity index (χ1n) is 8.54. The van der Waals surface area contributed by atoms with Gasteiger partial charge in [-0.15, -0.1) is 0 Å². The highest BCUT2D eigenvalue weighted by Gasteiger charge is 2.10. The maximum atomic E-state index is 12.3. The molecular formula is C22H18N2O2. The summed E-state index contributed by atoms with van der Waals surface area (Å²) >= 11 is 0. The molecule has 0 radical (unpaired) electrons. The Morgan fingerprint density at radius 2 is 1.69 bits per heavy atom. The van der Waals surface area contributed by atoms with E-state index >= 15 is 0 Å². The number of hydrogen-bond acceptors (Lipinski definition) is 3. The van der Waals surface area contributed by atoms with E-state index in [0.29, 0.717) is 24.4 Å². The second-order valence-electron chi connectivity index (χ2n) is 6.14. The molecule has 0 unspecified atom stereocenters. The number of hydrogen-bond donors (Lipinski definition) is 1. The van der Waals surface area contributed by atoms with Crippen molar-refractivity contribution in [2.45, 2.75) is 13.0 Å². The van der Waals surface area contributed by atoms with Crippen LogP contribution in [0.15, 0.2) is 83.4 Å². The van der Waals surface area contributed by atoms with E-state index in [4.69, 9.17) is 4.52 Å². The molecular weight excluding hydrogens is 324 g/mol. The van der Waals surface area contributed by atoms with Crippen molar-refractivity contribution in [1.82, 2.24) is 10.5 Å². The molecule has 4 nitrogen and oxygen atoms in total. The van der Waals surface area contributed by atoms with Crippen LogP contribution in [-0.2, 0) is 17.8 Å². The fourth-order valence-corrected chi connectivity index (χ4v) is 3.00. The topological polar surface area (TPSA) is 55.1 Å². The predicted octanol–water partition coefficient (Wildman–Crippen LogP) is 4.35. The summed E-state index contributed by atoms with van der Waals surface area (Å²) in [6, 6.07) is 25.7. The zero-order chi connectivity index (χ0) is 17.8. The fraction of sp³-hybridized carbons (Fsp3) is 0.0909. The van der Waals surface area contributed by atoms with Crippen LogP contribution in [0.2, 0.25) is 0 Å². The second kappa shape index (κ2) is 7.23. The van der Waals surface area contributed by atoms with Crippen LogP contribution in [0.3, 0.4) is 0 Å². The van der Waals surface area contributed by atoms with E-state index < -0.39 is 0 Å². The lowest BCUT2D eigenvalue weighted by Crippen LogP contribution is -2.24. The van der Waals surface area contributed by atoms with Gasteiger partial charge in [-0.2, -0.15) is 0 Å². The standard InChI is InChI=1S/C22H18N2O2/c25-22(13-18-11-6-10-16-7-4-5-12-20(16)18)23-15-19-14-21(26-24-19)17-8-2-1-3-9-17/h1-12,14H,13,15H2,(H,23,25). The van der Waals surface area contributed by atoms with Gasteiger partial charge in [0.15, 0.2) is 5.76 Å². The van der Waals surface area contributed by atoms with Crippen LogP contribution < -0.4 is 5.32 Å². The molecule has 1 amide bonds. The molecule has 26 heavy (non-hydrogen) atoms. The lowest BCUT2D eigenvalue weighted by molar-refractivity contribution is -0.120. The minimum atomic E-state index is -0.0365. The van der Waals surface area contributed by atoms with Gasteiger partial charge in [0.2, 0.25) is 5.91 Å². The third kappa shape index (κ3) is 3.49. The van der Waals surface area contributed by atoms with E-state index in [1.54, 1.807) is 0 Å². The molecule has 0 spiro atoms. The molecule has 1 heterocycles. The highest BCUT2D eigenvalue weighted by Crippen LogP contribution is 2.20. The van der Waals surface area contributed by atoms with E-state index in [1.165, 1.54) is 0 Å². The normalized spacial score (nSPS) is 10.8. The van der Waals surface area contributed by atoms with Crippen molar-refractivity contribution in [2.75, 3.05) is 0 Å². The number of rotatable bonds is 5. The molecule has 4 aromatic rings. The van der Waals surface area contributed by atoms with Gasteiger partial charge in [0.1, 0.15) is 5.69 Å². The van der Waals surface area contributed by atoms with Gasteiger partial charge in [0.05, 0.1) is 13.0 Å². The lowest BCUT2D eigenvalue weighted by atomic mass is 10.0. The molecule has 1 N–H and O–H groups in total. The molecule has 4 rings (SSSR count). The van der Waals surface area contributed by atoms with Crippen LogP contribution in [0.25, 0.3) is 22.1 Å². The predicted molar refractivity (Wildman–Crippen MR) is 101 cm³/mol. The summed E-state index contributed by atoms with van der Waals surface area (Å²) in [5.74, 6) is 0.662. The van der Waals surface area contributed by atoms with Gasteiger partial charge < -0.3 is 9.84 Å². The summed E-state index contributed by atoms with van der Waals surface area (Å²) in [6.45, 7) is 0.347. The Morgan fingerprint density at radius 3 is 2.58 bits per heavy atom. The third-order valence-corrected chi connectivity index (χ3v) is 4.31. The summed E-state index contributed by atoms with van der Waals surface area (Å²) < 4.78 is 5.36. The number of aromatic nitrogens is 1. The molecule has 4 heteroatoms. The fourth-order valence-electron chi connectivity index (χ4n) is 3.00. The van der Waals surface area contributed by atoms with Crippen molar-refractivity contribution in [3.05, 3.63) is 90.1 Å². The van der Waals surface area contributed by atoms with Crippen LogP contribution in [0.5, 0.6) is 0 Å². The number of nitrogens with zero attached hydrogens (tertiary/aromatic N) is 1. The van der Waals surface area contributed by atoms with Gasteiger partial charge >= 0.3 is 0 Å². The summed E-state index contributed by atoms with van der Waals surface area (Å²) in [4.78, 5) is 12.3. The first-order chi connectivity index (χ1) is 12.8. The second-order valence-corrected chi connectivity index (χ2v) is 6.14. The smallest absolute Gasteiger partial charge is 0.224 e. The molecule has 0 aliphatic carbocycles. The third-order valence-electron chi connectivity index (χ3n) is 4.31. The van der Waals surface area contributed by atoms with E-state index in [2.05, 4.69) is 22.6 Å². The van der Waals surface area contributed by atoms with E-state index in [0.717, 1.165) is 21.9 Å². The Labute approximate surface area is 151 Å². The van der Waals surface area contributed by atoms with E-state index in [-0.39, 0.29) is 5.91 Å². The SMILES string of the molecule is O=C(Cc1cccc2ccccc12)NCc1cc(-c2ccccc2)on1. The quantitative estimate of drug-likeness (QED) is 0.586. The molecule has 0 bridgehead atoms. The number of amides is 1. The van der Waals surface area contributed by atoms with Gasteiger partial charge in [0, 0.05) is 11.6 Å². The van der Waals surface area contributed by atoms with Crippen LogP contribution >= 0.6 is 0 Å². The number of benzene rings is 3. The minimum Gasteiger partial charge on any atom is -0.356 e. The first kappa shape index (κ1) is 16.1. The summed E-state index contributed by atoms with van der Waals surface area (Å²) in [5, 5.41) is 9.20. The van der Waals surface area contributed by atoms with Crippen molar-refractivity contribution in [2.24, 2.45) is 0 Å². The molecule has 0 atom stereocenters. The lowest BCUT2D eigenvalue weighted by Gasteiger charge is -2.07. The van der Waals surface area contributed by atoms with Crippen molar-refractivity contribution < 1.29 is 9.32 Å². The Hall–Kier alpha value is -3.40. The first-order valence-corrected chi connectivity index (χ1v) is 8.54. The number of fused-ring (bicyclic) bond motifs is 1. The Bertz CT molecular complexity index is 1030.